The molecule has 0 saturated heterocycles. The van der Waals surface area contributed by atoms with Crippen LogP contribution in [0.25, 0.3) is 0 Å². The molecule has 1 nitrogen and oxygen atoms in total. The molecule has 0 unspecified atom stereocenters. The molecule has 0 aliphatic heterocycles. The summed E-state index contributed by atoms with van der Waals surface area (Å²) in [6.07, 6.45) is 1.96. The topological polar surface area (TPSA) is 12.0 Å². The van der Waals surface area contributed by atoms with Gasteiger partial charge in [0.25, 0.3) is 0 Å². The summed E-state index contributed by atoms with van der Waals surface area (Å²) in [6, 6.07) is 13.5. The van der Waals surface area contributed by atoms with Gasteiger partial charge >= 0.3 is 0 Å². The molecule has 2 aromatic carbocycles. The van der Waals surface area contributed by atoms with E-state index in [0.29, 0.717) is 10.0 Å². The zero-order valence-electron chi connectivity index (χ0n) is 10.3. The average molecular weight is 315 g/mol. The van der Waals surface area contributed by atoms with Gasteiger partial charge in [-0.1, -0.05) is 53.0 Å². The van der Waals surface area contributed by atoms with Gasteiger partial charge in [0.05, 0.1) is 10.0 Å². The predicted octanol–water partition coefficient (Wildman–Crippen LogP) is 5.69. The van der Waals surface area contributed by atoms with Crippen molar-refractivity contribution >= 4 is 40.5 Å². The van der Waals surface area contributed by atoms with Gasteiger partial charge in [-0.05, 0) is 42.7 Å². The zero-order chi connectivity index (χ0) is 13.7. The fourth-order valence-corrected chi connectivity index (χ4v) is 2.35. The van der Waals surface area contributed by atoms with E-state index in [9.17, 15) is 0 Å². The van der Waals surface area contributed by atoms with Crippen LogP contribution < -0.4 is 5.32 Å². The van der Waals surface area contributed by atoms with E-state index in [2.05, 4.69) is 11.4 Å². The summed E-state index contributed by atoms with van der Waals surface area (Å²) in [7, 11) is 0. The summed E-state index contributed by atoms with van der Waals surface area (Å²) in [5, 5.41) is 5.29. The van der Waals surface area contributed by atoms with E-state index in [1.54, 1.807) is 6.07 Å². The molecule has 0 fully saturated rings. The zero-order valence-corrected chi connectivity index (χ0v) is 12.6. The Morgan fingerprint density at radius 1 is 0.842 bits per heavy atom. The number of halogens is 3. The van der Waals surface area contributed by atoms with Crippen molar-refractivity contribution in [3.8, 4) is 0 Å². The molecule has 19 heavy (non-hydrogen) atoms. The lowest BCUT2D eigenvalue weighted by molar-refractivity contribution is 0.863. The van der Waals surface area contributed by atoms with Gasteiger partial charge in [-0.2, -0.15) is 0 Å². The number of aryl methyl sites for hydroxylation is 1. The molecule has 0 heterocycles. The van der Waals surface area contributed by atoms with E-state index >= 15 is 0 Å². The van der Waals surface area contributed by atoms with Gasteiger partial charge in [0, 0.05) is 17.3 Å². The van der Waals surface area contributed by atoms with Crippen LogP contribution >= 0.6 is 34.8 Å². The largest absolute Gasteiger partial charge is 0.385 e. The van der Waals surface area contributed by atoms with Crippen LogP contribution in [0.15, 0.2) is 42.5 Å². The first-order valence-electron chi connectivity index (χ1n) is 6.09. The lowest BCUT2D eigenvalue weighted by atomic mass is 10.1. The lowest BCUT2D eigenvalue weighted by Crippen LogP contribution is -2.03. The second-order valence-electron chi connectivity index (χ2n) is 4.25. The van der Waals surface area contributed by atoms with E-state index in [0.717, 1.165) is 30.1 Å². The molecule has 0 amide bonds. The maximum Gasteiger partial charge on any atom is 0.0612 e. The Bertz CT molecular complexity index is 555. The average Bonchev–Trinajstić information content (AvgIpc) is 2.40. The highest BCUT2D eigenvalue weighted by molar-refractivity contribution is 6.42. The van der Waals surface area contributed by atoms with Crippen LogP contribution in [0.5, 0.6) is 0 Å². The van der Waals surface area contributed by atoms with Gasteiger partial charge in [0.15, 0.2) is 0 Å². The smallest absolute Gasteiger partial charge is 0.0612 e. The number of rotatable bonds is 5. The molecule has 2 rings (SSSR count). The molecule has 100 valence electrons. The number of nitrogens with one attached hydrogen (secondary N) is 1. The Kier molecular flexibility index (Phi) is 5.38. The monoisotopic (exact) mass is 313 g/mol. The molecule has 0 aliphatic carbocycles. The molecule has 0 aliphatic rings. The van der Waals surface area contributed by atoms with Crippen molar-refractivity contribution in [2.24, 2.45) is 0 Å². The van der Waals surface area contributed by atoms with Crippen molar-refractivity contribution in [3.05, 3.63) is 63.1 Å². The number of anilines is 1. The molecule has 0 aromatic heterocycles. The molecule has 0 spiro atoms. The van der Waals surface area contributed by atoms with Crippen LogP contribution in [0.1, 0.15) is 12.0 Å². The molecule has 1 N–H and O–H groups in total. The minimum atomic E-state index is 0.567. The lowest BCUT2D eigenvalue weighted by Gasteiger charge is -2.08. The van der Waals surface area contributed by atoms with Gasteiger partial charge in [0.2, 0.25) is 0 Å². The fraction of sp³-hybridized carbons (Fsp3) is 0.200. The summed E-state index contributed by atoms with van der Waals surface area (Å²) in [4.78, 5) is 0. The Hall–Kier alpha value is -0.890. The normalized spacial score (nSPS) is 10.5. The number of hydrogen-bond acceptors (Lipinski definition) is 1. The van der Waals surface area contributed by atoms with Crippen LogP contribution in [0.4, 0.5) is 5.69 Å². The molecule has 2 aromatic rings. The molecule has 0 atom stereocenters. The van der Waals surface area contributed by atoms with E-state index in [1.165, 1.54) is 5.56 Å². The molecule has 4 heteroatoms. The van der Waals surface area contributed by atoms with Gasteiger partial charge < -0.3 is 5.32 Å². The van der Waals surface area contributed by atoms with E-state index in [4.69, 9.17) is 34.8 Å². The summed E-state index contributed by atoms with van der Waals surface area (Å²) < 4.78 is 0. The van der Waals surface area contributed by atoms with E-state index in [1.807, 2.05) is 30.3 Å². The van der Waals surface area contributed by atoms with Gasteiger partial charge in [-0.3, -0.25) is 0 Å². The number of benzene rings is 2. The summed E-state index contributed by atoms with van der Waals surface area (Å²) in [6.45, 7) is 0.864. The maximum absolute atomic E-state index is 6.11. The summed E-state index contributed by atoms with van der Waals surface area (Å²) in [5.74, 6) is 0. The molecular weight excluding hydrogens is 301 g/mol. The fourth-order valence-electron chi connectivity index (χ4n) is 1.82. The SMILES string of the molecule is Clc1ccc(NCCCc2ccccc2Cl)cc1Cl. The third-order valence-electron chi connectivity index (χ3n) is 2.83. The maximum atomic E-state index is 6.11. The van der Waals surface area contributed by atoms with Crippen LogP contribution in [-0.2, 0) is 6.42 Å². The van der Waals surface area contributed by atoms with Crippen molar-refractivity contribution in [2.75, 3.05) is 11.9 Å². The van der Waals surface area contributed by atoms with E-state index in [-0.39, 0.29) is 0 Å². The van der Waals surface area contributed by atoms with Crippen LogP contribution in [-0.4, -0.2) is 6.54 Å². The summed E-state index contributed by atoms with van der Waals surface area (Å²) in [5.41, 5.74) is 2.16. The Morgan fingerprint density at radius 3 is 2.37 bits per heavy atom. The quantitative estimate of drug-likeness (QED) is 0.699. The van der Waals surface area contributed by atoms with Crippen molar-refractivity contribution in [3.63, 3.8) is 0 Å². The highest BCUT2D eigenvalue weighted by atomic mass is 35.5. The third kappa shape index (κ3) is 4.31. The first-order chi connectivity index (χ1) is 9.16. The molecule has 0 radical (unpaired) electrons. The van der Waals surface area contributed by atoms with Gasteiger partial charge in [-0.25, -0.2) is 0 Å². The first-order valence-corrected chi connectivity index (χ1v) is 7.22. The highest BCUT2D eigenvalue weighted by Crippen LogP contribution is 2.25. The van der Waals surface area contributed by atoms with Crippen LogP contribution in [0, 0.1) is 0 Å². The Labute approximate surface area is 128 Å². The van der Waals surface area contributed by atoms with Gasteiger partial charge in [0.1, 0.15) is 0 Å². The van der Waals surface area contributed by atoms with Crippen molar-refractivity contribution in [2.45, 2.75) is 12.8 Å². The van der Waals surface area contributed by atoms with Crippen molar-refractivity contribution < 1.29 is 0 Å². The standard InChI is InChI=1S/C15H14Cl3N/c16-13-6-2-1-4-11(13)5-3-9-19-12-7-8-14(17)15(18)10-12/h1-2,4,6-8,10,19H,3,5,9H2. The Balaban J connectivity index is 1.81. The van der Waals surface area contributed by atoms with Crippen molar-refractivity contribution in [1.82, 2.24) is 0 Å². The molecule has 0 bridgehead atoms. The molecule has 0 saturated carbocycles. The molecular formula is C15H14Cl3N. The van der Waals surface area contributed by atoms with Crippen molar-refractivity contribution in [1.29, 1.82) is 0 Å². The predicted molar refractivity (Wildman–Crippen MR) is 84.7 cm³/mol. The Morgan fingerprint density at radius 2 is 1.63 bits per heavy atom. The summed E-state index contributed by atoms with van der Waals surface area (Å²) >= 11 is 17.9. The van der Waals surface area contributed by atoms with Gasteiger partial charge in [-0.15, -0.1) is 0 Å². The second kappa shape index (κ2) is 7.04. The third-order valence-corrected chi connectivity index (χ3v) is 3.94. The van der Waals surface area contributed by atoms with Crippen LogP contribution in [0.3, 0.4) is 0 Å². The highest BCUT2D eigenvalue weighted by Gasteiger charge is 2.00. The minimum Gasteiger partial charge on any atom is -0.385 e. The number of hydrogen-bond donors (Lipinski definition) is 1. The van der Waals surface area contributed by atoms with Crippen LogP contribution in [0.2, 0.25) is 15.1 Å². The second-order valence-corrected chi connectivity index (χ2v) is 5.47. The minimum absolute atomic E-state index is 0.567. The van der Waals surface area contributed by atoms with E-state index < -0.39 is 0 Å². The first kappa shape index (κ1) is 14.5.